The first-order valence-corrected chi connectivity index (χ1v) is 9.00. The van der Waals surface area contributed by atoms with E-state index in [1.807, 2.05) is 6.92 Å². The van der Waals surface area contributed by atoms with E-state index in [-0.39, 0.29) is 27.6 Å². The summed E-state index contributed by atoms with van der Waals surface area (Å²) in [6.07, 6.45) is -0.933. The zero-order valence-corrected chi connectivity index (χ0v) is 13.8. The Morgan fingerprint density at radius 3 is 2.50 bits per heavy atom. The van der Waals surface area contributed by atoms with Gasteiger partial charge in [0, 0.05) is 0 Å². The minimum Gasteiger partial charge on any atom is -0.371 e. The first kappa shape index (κ1) is 14.7. The third-order valence-electron chi connectivity index (χ3n) is 3.51. The first-order valence-electron chi connectivity index (χ1n) is 6.34. The number of halogens is 1. The van der Waals surface area contributed by atoms with Gasteiger partial charge in [0.25, 0.3) is 10.1 Å². The molecule has 20 heavy (non-hydrogen) atoms. The number of aryl methyl sites for hydroxylation is 1. The molecule has 7 heteroatoms. The van der Waals surface area contributed by atoms with Crippen LogP contribution in [0.5, 0.6) is 0 Å². The number of fused-ring (bicyclic) bond motifs is 1. The molecule has 5 nitrogen and oxygen atoms in total. The van der Waals surface area contributed by atoms with Crippen molar-refractivity contribution in [2.75, 3.05) is 13.2 Å². The van der Waals surface area contributed by atoms with Crippen LogP contribution in [0.15, 0.2) is 29.2 Å². The van der Waals surface area contributed by atoms with Crippen molar-refractivity contribution in [2.45, 2.75) is 34.1 Å². The van der Waals surface area contributed by atoms with E-state index >= 15 is 0 Å². The van der Waals surface area contributed by atoms with Gasteiger partial charge in [-0.25, -0.2) is 0 Å². The molecule has 0 aromatic heterocycles. The van der Waals surface area contributed by atoms with Gasteiger partial charge in [-0.3, -0.25) is 4.18 Å². The van der Waals surface area contributed by atoms with Gasteiger partial charge in [-0.15, -0.1) is 0 Å². The Kier molecular flexibility index (Phi) is 4.06. The van der Waals surface area contributed by atoms with Gasteiger partial charge in [-0.1, -0.05) is 40.3 Å². The lowest BCUT2D eigenvalue weighted by Crippen LogP contribution is -2.33. The molecule has 0 bridgehead atoms. The lowest BCUT2D eigenvalue weighted by Gasteiger charge is -2.16. The van der Waals surface area contributed by atoms with Crippen molar-refractivity contribution in [1.82, 2.24) is 0 Å². The monoisotopic (exact) mass is 410 g/mol. The molecule has 2 fully saturated rings. The van der Waals surface area contributed by atoms with Crippen molar-refractivity contribution in [3.8, 4) is 0 Å². The molecule has 0 amide bonds. The van der Waals surface area contributed by atoms with Crippen molar-refractivity contribution in [2.24, 2.45) is 0 Å². The number of hydrogen-bond acceptors (Lipinski definition) is 5. The second-order valence-corrected chi connectivity index (χ2v) is 8.19. The SMILES string of the molecule is Cc1ccc(S(=O)(=O)O[C@H]2CO[C@@H]3C(I)CO[C@H]23)cc1. The molecular weight excluding hydrogens is 395 g/mol. The van der Waals surface area contributed by atoms with Crippen LogP contribution in [0.25, 0.3) is 0 Å². The largest absolute Gasteiger partial charge is 0.371 e. The van der Waals surface area contributed by atoms with Crippen LogP contribution in [-0.4, -0.2) is 43.9 Å². The van der Waals surface area contributed by atoms with E-state index < -0.39 is 16.2 Å². The number of rotatable bonds is 3. The van der Waals surface area contributed by atoms with Crippen LogP contribution in [0, 0.1) is 6.92 Å². The van der Waals surface area contributed by atoms with Gasteiger partial charge in [-0.05, 0) is 19.1 Å². The average molecular weight is 410 g/mol. The van der Waals surface area contributed by atoms with Gasteiger partial charge >= 0.3 is 0 Å². The highest BCUT2D eigenvalue weighted by molar-refractivity contribution is 14.1. The molecule has 4 atom stereocenters. The number of benzene rings is 1. The van der Waals surface area contributed by atoms with Crippen LogP contribution in [0.3, 0.4) is 0 Å². The van der Waals surface area contributed by atoms with E-state index in [1.165, 1.54) is 0 Å². The lowest BCUT2D eigenvalue weighted by atomic mass is 10.1. The summed E-state index contributed by atoms with van der Waals surface area (Å²) < 4.78 is 41.2. The highest BCUT2D eigenvalue weighted by Crippen LogP contribution is 2.34. The fourth-order valence-electron chi connectivity index (χ4n) is 2.42. The van der Waals surface area contributed by atoms with E-state index in [1.54, 1.807) is 24.3 Å². The van der Waals surface area contributed by atoms with Crippen LogP contribution < -0.4 is 0 Å². The summed E-state index contributed by atoms with van der Waals surface area (Å²) >= 11 is 2.26. The van der Waals surface area contributed by atoms with E-state index in [0.29, 0.717) is 6.61 Å². The molecule has 0 saturated carbocycles. The predicted octanol–water partition coefficient (Wildman–Crippen LogP) is 1.67. The second-order valence-electron chi connectivity index (χ2n) is 5.01. The fraction of sp³-hybridized carbons (Fsp3) is 0.538. The summed E-state index contributed by atoms with van der Waals surface area (Å²) in [6.45, 7) is 2.72. The van der Waals surface area contributed by atoms with E-state index in [9.17, 15) is 8.42 Å². The van der Waals surface area contributed by atoms with Gasteiger partial charge in [0.1, 0.15) is 18.3 Å². The van der Waals surface area contributed by atoms with Crippen molar-refractivity contribution in [3.63, 3.8) is 0 Å². The maximum atomic E-state index is 12.2. The molecule has 3 rings (SSSR count). The van der Waals surface area contributed by atoms with Crippen LogP contribution in [0.1, 0.15) is 5.56 Å². The smallest absolute Gasteiger partial charge is 0.297 e. The molecule has 0 aliphatic carbocycles. The minimum absolute atomic E-state index is 0.0752. The Hall–Kier alpha value is -0.220. The maximum absolute atomic E-state index is 12.2. The zero-order valence-electron chi connectivity index (χ0n) is 10.9. The standard InChI is InChI=1S/C13H15IO5S/c1-8-2-4-9(5-3-8)20(15,16)19-11-7-18-12-10(14)6-17-13(11)12/h2-5,10-13H,6-7H2,1H3/t10?,11-,12+,13+/m0/s1. The Labute approximate surface area is 131 Å². The Morgan fingerprint density at radius 1 is 1.15 bits per heavy atom. The molecule has 0 spiro atoms. The average Bonchev–Trinajstić information content (AvgIpc) is 2.95. The van der Waals surface area contributed by atoms with Crippen molar-refractivity contribution in [1.29, 1.82) is 0 Å². The van der Waals surface area contributed by atoms with E-state index in [4.69, 9.17) is 13.7 Å². The molecular formula is C13H15IO5S. The molecule has 2 aliphatic heterocycles. The van der Waals surface area contributed by atoms with Gasteiger partial charge in [0.2, 0.25) is 0 Å². The quantitative estimate of drug-likeness (QED) is 0.431. The Bertz CT molecular complexity index is 585. The minimum atomic E-state index is -3.78. The maximum Gasteiger partial charge on any atom is 0.297 e. The summed E-state index contributed by atoms with van der Waals surface area (Å²) in [4.78, 5) is 0.163. The van der Waals surface area contributed by atoms with Crippen molar-refractivity contribution >= 4 is 32.7 Å². The first-order chi connectivity index (χ1) is 9.47. The molecule has 2 heterocycles. The highest BCUT2D eigenvalue weighted by atomic mass is 127. The molecule has 2 aliphatic rings. The predicted molar refractivity (Wildman–Crippen MR) is 80.5 cm³/mol. The van der Waals surface area contributed by atoms with Gasteiger partial charge in [0.05, 0.1) is 22.0 Å². The van der Waals surface area contributed by atoms with Crippen LogP contribution in [-0.2, 0) is 23.8 Å². The Balaban J connectivity index is 1.76. The number of alkyl halides is 1. The molecule has 2 saturated heterocycles. The number of ether oxygens (including phenoxy) is 2. The third-order valence-corrected chi connectivity index (χ3v) is 5.93. The second kappa shape index (κ2) is 5.53. The Morgan fingerprint density at radius 2 is 1.80 bits per heavy atom. The lowest BCUT2D eigenvalue weighted by molar-refractivity contribution is 0.0337. The van der Waals surface area contributed by atoms with E-state index in [2.05, 4.69) is 22.6 Å². The van der Waals surface area contributed by atoms with Gasteiger partial charge in [0.15, 0.2) is 0 Å². The molecule has 0 radical (unpaired) electrons. The normalized spacial score (nSPS) is 33.3. The van der Waals surface area contributed by atoms with Crippen LogP contribution in [0.4, 0.5) is 0 Å². The summed E-state index contributed by atoms with van der Waals surface area (Å²) in [6, 6.07) is 6.59. The van der Waals surface area contributed by atoms with Crippen molar-refractivity contribution in [3.05, 3.63) is 29.8 Å². The summed E-state index contributed by atoms with van der Waals surface area (Å²) in [5.74, 6) is 0. The summed E-state index contributed by atoms with van der Waals surface area (Å²) in [7, 11) is -3.78. The van der Waals surface area contributed by atoms with Gasteiger partial charge in [-0.2, -0.15) is 8.42 Å². The summed E-state index contributed by atoms with van der Waals surface area (Å²) in [5.41, 5.74) is 1.00. The number of hydrogen-bond donors (Lipinski definition) is 0. The van der Waals surface area contributed by atoms with Gasteiger partial charge < -0.3 is 9.47 Å². The van der Waals surface area contributed by atoms with E-state index in [0.717, 1.165) is 5.56 Å². The zero-order chi connectivity index (χ0) is 14.3. The van der Waals surface area contributed by atoms with Crippen LogP contribution >= 0.6 is 22.6 Å². The molecule has 110 valence electrons. The summed E-state index contributed by atoms with van der Waals surface area (Å²) in [5, 5.41) is 0. The third kappa shape index (κ3) is 2.74. The molecule has 1 aromatic carbocycles. The fourth-order valence-corrected chi connectivity index (χ4v) is 4.32. The molecule has 1 aromatic rings. The molecule has 0 N–H and O–H groups in total. The van der Waals surface area contributed by atoms with Crippen LogP contribution in [0.2, 0.25) is 0 Å². The highest BCUT2D eigenvalue weighted by Gasteiger charge is 2.48. The molecule has 1 unspecified atom stereocenters. The van der Waals surface area contributed by atoms with Crippen molar-refractivity contribution < 1.29 is 22.1 Å². The topological polar surface area (TPSA) is 61.8 Å².